The summed E-state index contributed by atoms with van der Waals surface area (Å²) >= 11 is 5.59. The SMILES string of the molecule is CC(=O)c1cc(Cl)c(O)c(C#N)c1. The quantitative estimate of drug-likeness (QED) is 0.699. The van der Waals surface area contributed by atoms with Gasteiger partial charge in [-0.25, -0.2) is 0 Å². The molecule has 0 aliphatic carbocycles. The van der Waals surface area contributed by atoms with Gasteiger partial charge in [0.2, 0.25) is 0 Å². The number of nitriles is 1. The summed E-state index contributed by atoms with van der Waals surface area (Å²) in [5.41, 5.74) is 0.331. The Labute approximate surface area is 80.2 Å². The summed E-state index contributed by atoms with van der Waals surface area (Å²) in [6.45, 7) is 1.36. The number of hydrogen-bond acceptors (Lipinski definition) is 3. The van der Waals surface area contributed by atoms with Crippen LogP contribution in [0.2, 0.25) is 5.02 Å². The van der Waals surface area contributed by atoms with Crippen LogP contribution < -0.4 is 0 Å². The van der Waals surface area contributed by atoms with Gasteiger partial charge >= 0.3 is 0 Å². The topological polar surface area (TPSA) is 61.1 Å². The molecule has 0 heterocycles. The number of carbonyl (C=O) groups excluding carboxylic acids is 1. The Bertz CT molecular complexity index is 407. The second kappa shape index (κ2) is 3.46. The second-order valence-corrected chi connectivity index (χ2v) is 2.93. The normalized spacial score (nSPS) is 9.31. The van der Waals surface area contributed by atoms with Gasteiger partial charge in [0.1, 0.15) is 6.07 Å². The van der Waals surface area contributed by atoms with Gasteiger partial charge in [-0.15, -0.1) is 0 Å². The molecule has 0 fully saturated rings. The van der Waals surface area contributed by atoms with Gasteiger partial charge in [0.05, 0.1) is 10.6 Å². The Morgan fingerprint density at radius 3 is 2.69 bits per heavy atom. The van der Waals surface area contributed by atoms with Crippen LogP contribution in [0.1, 0.15) is 22.8 Å². The Hall–Kier alpha value is -1.53. The molecule has 0 aromatic heterocycles. The zero-order chi connectivity index (χ0) is 10.0. The predicted octanol–water partition coefficient (Wildman–Crippen LogP) is 2.12. The fraction of sp³-hybridized carbons (Fsp3) is 0.111. The van der Waals surface area contributed by atoms with Crippen molar-refractivity contribution >= 4 is 17.4 Å². The summed E-state index contributed by atoms with van der Waals surface area (Å²) in [5.74, 6) is -0.479. The summed E-state index contributed by atoms with van der Waals surface area (Å²) in [4.78, 5) is 10.9. The van der Waals surface area contributed by atoms with Crippen LogP contribution in [0.4, 0.5) is 0 Å². The number of Topliss-reactive ketones (excluding diaryl/α,β-unsaturated/α-hetero) is 1. The summed E-state index contributed by atoms with van der Waals surface area (Å²) in [6, 6.07) is 4.39. The van der Waals surface area contributed by atoms with Crippen LogP contribution in [0.5, 0.6) is 5.75 Å². The molecule has 3 nitrogen and oxygen atoms in total. The van der Waals surface area contributed by atoms with Crippen molar-refractivity contribution in [3.63, 3.8) is 0 Å². The van der Waals surface area contributed by atoms with E-state index in [1.165, 1.54) is 19.1 Å². The molecule has 1 aromatic carbocycles. The molecule has 0 radical (unpaired) electrons. The first-order chi connectivity index (χ1) is 6.06. The molecule has 0 saturated carbocycles. The molecule has 0 bridgehead atoms. The van der Waals surface area contributed by atoms with Gasteiger partial charge in [0, 0.05) is 5.56 Å². The van der Waals surface area contributed by atoms with Crippen molar-refractivity contribution in [2.24, 2.45) is 0 Å². The average molecular weight is 196 g/mol. The number of ketones is 1. The fourth-order valence-corrected chi connectivity index (χ4v) is 1.11. The van der Waals surface area contributed by atoms with E-state index in [1.54, 1.807) is 6.07 Å². The molecular weight excluding hydrogens is 190 g/mol. The van der Waals surface area contributed by atoms with Crippen LogP contribution in [0.3, 0.4) is 0 Å². The predicted molar refractivity (Wildman–Crippen MR) is 47.8 cm³/mol. The van der Waals surface area contributed by atoms with Crippen LogP contribution in [-0.4, -0.2) is 10.9 Å². The lowest BCUT2D eigenvalue weighted by Gasteiger charge is -2.01. The monoisotopic (exact) mass is 195 g/mol. The van der Waals surface area contributed by atoms with Gasteiger partial charge in [-0.2, -0.15) is 5.26 Å². The number of rotatable bonds is 1. The fourth-order valence-electron chi connectivity index (χ4n) is 0.888. The molecule has 66 valence electrons. The third-order valence-corrected chi connectivity index (χ3v) is 1.88. The molecule has 0 unspecified atom stereocenters. The maximum absolute atomic E-state index is 10.9. The lowest BCUT2D eigenvalue weighted by molar-refractivity contribution is 0.101. The number of hydrogen-bond donors (Lipinski definition) is 1. The Morgan fingerprint density at radius 1 is 1.62 bits per heavy atom. The molecule has 1 N–H and O–H groups in total. The van der Waals surface area contributed by atoms with Crippen LogP contribution in [0.15, 0.2) is 12.1 Å². The minimum Gasteiger partial charge on any atom is -0.505 e. The van der Waals surface area contributed by atoms with Crippen molar-refractivity contribution in [3.8, 4) is 11.8 Å². The molecular formula is C9H6ClNO2. The standard InChI is InChI=1S/C9H6ClNO2/c1-5(12)6-2-7(4-11)9(13)8(10)3-6/h2-3,13H,1H3. The molecule has 13 heavy (non-hydrogen) atoms. The Kier molecular flexibility index (Phi) is 2.54. The first kappa shape index (κ1) is 9.56. The smallest absolute Gasteiger partial charge is 0.159 e. The third kappa shape index (κ3) is 1.79. The number of halogens is 1. The number of aromatic hydroxyl groups is 1. The van der Waals surface area contributed by atoms with Gasteiger partial charge in [-0.1, -0.05) is 11.6 Å². The first-order valence-electron chi connectivity index (χ1n) is 3.50. The molecule has 0 atom stereocenters. The molecule has 0 aliphatic heterocycles. The highest BCUT2D eigenvalue weighted by Gasteiger charge is 2.09. The van der Waals surface area contributed by atoms with Crippen molar-refractivity contribution in [1.82, 2.24) is 0 Å². The third-order valence-electron chi connectivity index (χ3n) is 1.59. The highest BCUT2D eigenvalue weighted by atomic mass is 35.5. The van der Waals surface area contributed by atoms with Crippen molar-refractivity contribution in [3.05, 3.63) is 28.3 Å². The van der Waals surface area contributed by atoms with E-state index in [-0.39, 0.29) is 22.1 Å². The molecule has 1 aromatic rings. The van der Waals surface area contributed by atoms with Gasteiger partial charge in [-0.3, -0.25) is 4.79 Å². The van der Waals surface area contributed by atoms with Gasteiger partial charge in [0.15, 0.2) is 11.5 Å². The number of carbonyl (C=O) groups is 1. The van der Waals surface area contributed by atoms with Crippen LogP contribution in [0.25, 0.3) is 0 Å². The number of phenolic OH excluding ortho intramolecular Hbond substituents is 1. The van der Waals surface area contributed by atoms with Crippen molar-refractivity contribution < 1.29 is 9.90 Å². The number of phenols is 1. The minimum atomic E-state index is -0.283. The lowest BCUT2D eigenvalue weighted by Crippen LogP contribution is -1.93. The van der Waals surface area contributed by atoms with Gasteiger partial charge < -0.3 is 5.11 Å². The molecule has 4 heteroatoms. The van der Waals surface area contributed by atoms with Crippen molar-refractivity contribution in [2.45, 2.75) is 6.92 Å². The van der Waals surface area contributed by atoms with E-state index in [0.717, 1.165) is 0 Å². The van der Waals surface area contributed by atoms with E-state index >= 15 is 0 Å². The van der Waals surface area contributed by atoms with E-state index in [2.05, 4.69) is 0 Å². The summed E-state index contributed by atoms with van der Waals surface area (Å²) in [6.07, 6.45) is 0. The van der Waals surface area contributed by atoms with E-state index in [4.69, 9.17) is 16.9 Å². The van der Waals surface area contributed by atoms with E-state index in [1.807, 2.05) is 0 Å². The Morgan fingerprint density at radius 2 is 2.23 bits per heavy atom. The highest BCUT2D eigenvalue weighted by molar-refractivity contribution is 6.32. The van der Waals surface area contributed by atoms with E-state index < -0.39 is 0 Å². The van der Waals surface area contributed by atoms with E-state index in [0.29, 0.717) is 5.56 Å². The minimum absolute atomic E-state index is 0.0118. The van der Waals surface area contributed by atoms with Crippen LogP contribution in [0, 0.1) is 11.3 Å². The van der Waals surface area contributed by atoms with Crippen molar-refractivity contribution in [1.29, 1.82) is 5.26 Å². The number of benzene rings is 1. The van der Waals surface area contributed by atoms with Crippen molar-refractivity contribution in [2.75, 3.05) is 0 Å². The zero-order valence-corrected chi connectivity index (χ0v) is 7.59. The van der Waals surface area contributed by atoms with Crippen LogP contribution >= 0.6 is 11.6 Å². The number of nitrogens with zero attached hydrogens (tertiary/aromatic N) is 1. The average Bonchev–Trinajstić information content (AvgIpc) is 2.09. The summed E-state index contributed by atoms with van der Waals surface area (Å²) in [5, 5.41) is 17.8. The zero-order valence-electron chi connectivity index (χ0n) is 6.84. The molecule has 0 spiro atoms. The van der Waals surface area contributed by atoms with Gasteiger partial charge in [-0.05, 0) is 19.1 Å². The maximum atomic E-state index is 10.9. The van der Waals surface area contributed by atoms with Gasteiger partial charge in [0.25, 0.3) is 0 Å². The first-order valence-corrected chi connectivity index (χ1v) is 3.87. The molecule has 1 rings (SSSR count). The highest BCUT2D eigenvalue weighted by Crippen LogP contribution is 2.28. The summed E-state index contributed by atoms with van der Waals surface area (Å²) < 4.78 is 0. The van der Waals surface area contributed by atoms with Crippen LogP contribution in [-0.2, 0) is 0 Å². The summed E-state index contributed by atoms with van der Waals surface area (Å²) in [7, 11) is 0. The second-order valence-electron chi connectivity index (χ2n) is 2.52. The molecule has 0 saturated heterocycles. The largest absolute Gasteiger partial charge is 0.505 e. The Balaban J connectivity index is 3.41. The molecule has 0 amide bonds. The van der Waals surface area contributed by atoms with E-state index in [9.17, 15) is 9.90 Å². The lowest BCUT2D eigenvalue weighted by atomic mass is 10.1. The molecule has 0 aliphatic rings. The maximum Gasteiger partial charge on any atom is 0.159 e.